The molecule has 1 saturated heterocycles. The Balaban J connectivity index is 1.63. The molecular formula is C28H25ClN2O5. The number of halogens is 1. The SMILES string of the molecule is CCOc1cc(/C=C2\C(=O)NC(=O)N(c3cccc(Cl)c3C)C2=O)ccc1OCc1ccc(C)cc1. The number of carbonyl (C=O) groups is 3. The fourth-order valence-corrected chi connectivity index (χ4v) is 3.90. The van der Waals surface area contributed by atoms with Crippen LogP contribution in [0.25, 0.3) is 6.08 Å². The van der Waals surface area contributed by atoms with Crippen LogP contribution in [0.3, 0.4) is 0 Å². The first kappa shape index (κ1) is 25.0. The Morgan fingerprint density at radius 3 is 2.42 bits per heavy atom. The molecule has 0 atom stereocenters. The van der Waals surface area contributed by atoms with E-state index in [1.165, 1.54) is 11.6 Å². The van der Waals surface area contributed by atoms with Gasteiger partial charge in [0.05, 0.1) is 12.3 Å². The van der Waals surface area contributed by atoms with Crippen LogP contribution in [-0.4, -0.2) is 24.5 Å². The molecular weight excluding hydrogens is 480 g/mol. The first-order valence-electron chi connectivity index (χ1n) is 11.4. The van der Waals surface area contributed by atoms with Crippen LogP contribution in [0.1, 0.15) is 29.2 Å². The molecule has 36 heavy (non-hydrogen) atoms. The highest BCUT2D eigenvalue weighted by molar-refractivity contribution is 6.39. The van der Waals surface area contributed by atoms with Gasteiger partial charge in [-0.2, -0.15) is 0 Å². The van der Waals surface area contributed by atoms with Crippen molar-refractivity contribution < 1.29 is 23.9 Å². The number of imide groups is 2. The van der Waals surface area contributed by atoms with Crippen molar-refractivity contribution in [1.29, 1.82) is 0 Å². The second-order valence-corrected chi connectivity index (χ2v) is 8.66. The van der Waals surface area contributed by atoms with E-state index in [9.17, 15) is 14.4 Å². The number of rotatable bonds is 7. The summed E-state index contributed by atoms with van der Waals surface area (Å²) in [6.07, 6.45) is 1.42. The third-order valence-corrected chi connectivity index (χ3v) is 6.08. The van der Waals surface area contributed by atoms with Gasteiger partial charge in [0.2, 0.25) is 0 Å². The molecule has 0 saturated carbocycles. The van der Waals surface area contributed by atoms with E-state index in [0.29, 0.717) is 46.5 Å². The molecule has 0 aromatic heterocycles. The zero-order valence-electron chi connectivity index (χ0n) is 20.1. The molecule has 0 unspecified atom stereocenters. The molecule has 184 valence electrons. The molecule has 0 bridgehead atoms. The van der Waals surface area contributed by atoms with Crippen molar-refractivity contribution in [2.45, 2.75) is 27.4 Å². The fraction of sp³-hybridized carbons (Fsp3) is 0.179. The predicted octanol–water partition coefficient (Wildman–Crippen LogP) is 5.60. The molecule has 3 aromatic rings. The van der Waals surface area contributed by atoms with Crippen molar-refractivity contribution in [2.24, 2.45) is 0 Å². The van der Waals surface area contributed by atoms with E-state index in [1.807, 2.05) is 38.1 Å². The third-order valence-electron chi connectivity index (χ3n) is 5.68. The number of ether oxygens (including phenoxy) is 2. The summed E-state index contributed by atoms with van der Waals surface area (Å²) in [7, 11) is 0. The lowest BCUT2D eigenvalue weighted by Gasteiger charge is -2.27. The van der Waals surface area contributed by atoms with Gasteiger partial charge < -0.3 is 9.47 Å². The van der Waals surface area contributed by atoms with Crippen LogP contribution in [0, 0.1) is 13.8 Å². The lowest BCUT2D eigenvalue weighted by Crippen LogP contribution is -2.54. The molecule has 3 aromatic carbocycles. The van der Waals surface area contributed by atoms with Gasteiger partial charge in [-0.25, -0.2) is 9.69 Å². The normalized spacial score (nSPS) is 14.7. The van der Waals surface area contributed by atoms with E-state index in [2.05, 4.69) is 5.32 Å². The highest BCUT2D eigenvalue weighted by Gasteiger charge is 2.37. The number of hydrogen-bond acceptors (Lipinski definition) is 5. The Kier molecular flexibility index (Phi) is 7.41. The Bertz CT molecular complexity index is 1360. The summed E-state index contributed by atoms with van der Waals surface area (Å²) in [6, 6.07) is 17.2. The number of barbiturate groups is 1. The van der Waals surface area contributed by atoms with Gasteiger partial charge in [0.1, 0.15) is 12.2 Å². The van der Waals surface area contributed by atoms with Crippen molar-refractivity contribution >= 4 is 41.2 Å². The van der Waals surface area contributed by atoms with Gasteiger partial charge in [-0.05, 0) is 67.8 Å². The summed E-state index contributed by atoms with van der Waals surface area (Å²) >= 11 is 6.18. The average molecular weight is 505 g/mol. The second kappa shape index (κ2) is 10.7. The van der Waals surface area contributed by atoms with Crippen LogP contribution in [0.15, 0.2) is 66.2 Å². The highest BCUT2D eigenvalue weighted by atomic mass is 35.5. The number of carbonyl (C=O) groups excluding carboxylic acids is 3. The number of aryl methyl sites for hydroxylation is 1. The Morgan fingerprint density at radius 1 is 0.944 bits per heavy atom. The monoisotopic (exact) mass is 504 g/mol. The fourth-order valence-electron chi connectivity index (χ4n) is 3.73. The molecule has 4 amide bonds. The molecule has 0 radical (unpaired) electrons. The van der Waals surface area contributed by atoms with Gasteiger partial charge in [-0.15, -0.1) is 0 Å². The molecule has 1 aliphatic heterocycles. The quantitative estimate of drug-likeness (QED) is 0.334. The Labute approximate surface area is 214 Å². The zero-order chi connectivity index (χ0) is 25.8. The summed E-state index contributed by atoms with van der Waals surface area (Å²) < 4.78 is 11.7. The molecule has 8 heteroatoms. The van der Waals surface area contributed by atoms with Gasteiger partial charge in [0.15, 0.2) is 11.5 Å². The molecule has 7 nitrogen and oxygen atoms in total. The molecule has 1 aliphatic rings. The second-order valence-electron chi connectivity index (χ2n) is 8.26. The van der Waals surface area contributed by atoms with Crippen LogP contribution in [0.5, 0.6) is 11.5 Å². The van der Waals surface area contributed by atoms with Crippen molar-refractivity contribution in [3.8, 4) is 11.5 Å². The topological polar surface area (TPSA) is 84.9 Å². The van der Waals surface area contributed by atoms with E-state index in [0.717, 1.165) is 10.5 Å². The van der Waals surface area contributed by atoms with Gasteiger partial charge in [-0.1, -0.05) is 53.6 Å². The molecule has 1 fully saturated rings. The van der Waals surface area contributed by atoms with Crippen molar-refractivity contribution in [1.82, 2.24) is 5.32 Å². The number of hydrogen-bond donors (Lipinski definition) is 1. The molecule has 4 rings (SSSR count). The molecule has 0 aliphatic carbocycles. The van der Waals surface area contributed by atoms with Gasteiger partial charge in [0, 0.05) is 5.02 Å². The maximum atomic E-state index is 13.3. The molecule has 1 heterocycles. The summed E-state index contributed by atoms with van der Waals surface area (Å²) in [6.45, 7) is 6.33. The Hall–Kier alpha value is -4.10. The largest absolute Gasteiger partial charge is 0.490 e. The highest BCUT2D eigenvalue weighted by Crippen LogP contribution is 2.32. The van der Waals surface area contributed by atoms with Crippen LogP contribution in [0.2, 0.25) is 5.02 Å². The van der Waals surface area contributed by atoms with Crippen LogP contribution >= 0.6 is 11.6 Å². The molecule has 0 spiro atoms. The average Bonchev–Trinajstić information content (AvgIpc) is 2.85. The number of anilines is 1. The van der Waals surface area contributed by atoms with E-state index < -0.39 is 17.8 Å². The van der Waals surface area contributed by atoms with Gasteiger partial charge in [-0.3, -0.25) is 14.9 Å². The smallest absolute Gasteiger partial charge is 0.335 e. The zero-order valence-corrected chi connectivity index (χ0v) is 20.9. The minimum atomic E-state index is -0.831. The number of amides is 4. The summed E-state index contributed by atoms with van der Waals surface area (Å²) in [5, 5.41) is 2.63. The number of nitrogens with one attached hydrogen (secondary N) is 1. The predicted molar refractivity (Wildman–Crippen MR) is 138 cm³/mol. The number of benzene rings is 3. The number of nitrogens with zero attached hydrogens (tertiary/aromatic N) is 1. The first-order valence-corrected chi connectivity index (χ1v) is 11.8. The summed E-state index contributed by atoms with van der Waals surface area (Å²) in [5.74, 6) is -0.517. The van der Waals surface area contributed by atoms with E-state index in [-0.39, 0.29) is 5.57 Å². The van der Waals surface area contributed by atoms with E-state index in [4.69, 9.17) is 21.1 Å². The van der Waals surface area contributed by atoms with Crippen molar-refractivity contribution in [2.75, 3.05) is 11.5 Å². The van der Waals surface area contributed by atoms with Crippen LogP contribution < -0.4 is 19.7 Å². The van der Waals surface area contributed by atoms with Crippen molar-refractivity contribution in [3.63, 3.8) is 0 Å². The summed E-state index contributed by atoms with van der Waals surface area (Å²) in [4.78, 5) is 39.3. The number of urea groups is 1. The van der Waals surface area contributed by atoms with E-state index in [1.54, 1.807) is 43.3 Å². The summed E-state index contributed by atoms with van der Waals surface area (Å²) in [5.41, 5.74) is 3.38. The first-order chi connectivity index (χ1) is 17.3. The maximum absolute atomic E-state index is 13.3. The Morgan fingerprint density at radius 2 is 1.69 bits per heavy atom. The van der Waals surface area contributed by atoms with Crippen LogP contribution in [-0.2, 0) is 16.2 Å². The van der Waals surface area contributed by atoms with E-state index >= 15 is 0 Å². The maximum Gasteiger partial charge on any atom is 0.335 e. The third kappa shape index (κ3) is 5.26. The minimum Gasteiger partial charge on any atom is -0.490 e. The van der Waals surface area contributed by atoms with Crippen molar-refractivity contribution in [3.05, 3.63) is 93.5 Å². The van der Waals surface area contributed by atoms with Gasteiger partial charge in [0.25, 0.3) is 11.8 Å². The minimum absolute atomic E-state index is 0.190. The van der Waals surface area contributed by atoms with Gasteiger partial charge >= 0.3 is 6.03 Å². The lowest BCUT2D eigenvalue weighted by atomic mass is 10.1. The lowest BCUT2D eigenvalue weighted by molar-refractivity contribution is -0.122. The standard InChI is InChI=1S/C28H25ClN2O5/c1-4-35-25-15-20(12-13-24(25)36-16-19-10-8-17(2)9-11-19)14-21-26(32)30-28(34)31(27(21)33)23-7-5-6-22(29)18(23)3/h5-15H,4,16H2,1-3H3,(H,30,32,34)/b21-14+. The van der Waals surface area contributed by atoms with Crippen LogP contribution in [0.4, 0.5) is 10.5 Å². The molecule has 1 N–H and O–H groups in total.